The highest BCUT2D eigenvalue weighted by atomic mass is 16.2. The fraction of sp³-hybridized carbons (Fsp3) is 0.571. The van der Waals surface area contributed by atoms with Crippen molar-refractivity contribution in [2.45, 2.75) is 71.0 Å². The molecule has 1 saturated heterocycles. The Morgan fingerprint density at radius 1 is 1.26 bits per heavy atom. The molecule has 2 N–H and O–H groups in total. The molecule has 142 valence electrons. The van der Waals surface area contributed by atoms with Gasteiger partial charge < -0.3 is 10.6 Å². The van der Waals surface area contributed by atoms with Crippen molar-refractivity contribution >= 4 is 22.7 Å². The van der Waals surface area contributed by atoms with Crippen LogP contribution in [-0.4, -0.2) is 38.6 Å². The van der Waals surface area contributed by atoms with Gasteiger partial charge in [-0.1, -0.05) is 13.8 Å². The van der Waals surface area contributed by atoms with E-state index < -0.39 is 5.91 Å². The van der Waals surface area contributed by atoms with Crippen molar-refractivity contribution in [3.63, 3.8) is 0 Å². The molecule has 2 heterocycles. The molecule has 0 spiro atoms. The van der Waals surface area contributed by atoms with Gasteiger partial charge in [-0.05, 0) is 67.2 Å². The van der Waals surface area contributed by atoms with Crippen LogP contribution in [0.4, 0.5) is 0 Å². The minimum absolute atomic E-state index is 0.106. The van der Waals surface area contributed by atoms with Gasteiger partial charge in [0, 0.05) is 17.5 Å². The molecule has 6 heteroatoms. The van der Waals surface area contributed by atoms with E-state index in [0.717, 1.165) is 49.4 Å². The number of nitrogens with zero attached hydrogens (tertiary/aromatic N) is 3. The van der Waals surface area contributed by atoms with Crippen LogP contribution < -0.4 is 5.73 Å². The van der Waals surface area contributed by atoms with Gasteiger partial charge in [0.05, 0.1) is 5.52 Å². The number of piperidine rings is 1. The van der Waals surface area contributed by atoms with Gasteiger partial charge in [-0.2, -0.15) is 5.10 Å². The molecule has 1 unspecified atom stereocenters. The molecule has 2 aliphatic carbocycles. The first kappa shape index (κ1) is 16.8. The summed E-state index contributed by atoms with van der Waals surface area (Å²) in [6.07, 6.45) is 6.39. The molecule has 27 heavy (non-hydrogen) atoms. The fourth-order valence-electron chi connectivity index (χ4n) is 5.40. The van der Waals surface area contributed by atoms with Gasteiger partial charge in [-0.15, -0.1) is 0 Å². The van der Waals surface area contributed by atoms with E-state index in [1.807, 2.05) is 6.07 Å². The molecule has 0 bridgehead atoms. The highest BCUT2D eigenvalue weighted by molar-refractivity contribution is 6.04. The van der Waals surface area contributed by atoms with Crippen LogP contribution >= 0.6 is 0 Å². The van der Waals surface area contributed by atoms with E-state index in [4.69, 9.17) is 5.73 Å². The Bertz CT molecular complexity index is 978. The Morgan fingerprint density at radius 2 is 2.00 bits per heavy atom. The van der Waals surface area contributed by atoms with E-state index in [1.54, 1.807) is 4.68 Å². The maximum Gasteiger partial charge on any atom is 0.269 e. The van der Waals surface area contributed by atoms with Crippen LogP contribution in [-0.2, 0) is 24.2 Å². The predicted molar refractivity (Wildman–Crippen MR) is 102 cm³/mol. The zero-order chi connectivity index (χ0) is 18.9. The third kappa shape index (κ3) is 2.42. The molecular formula is C21H26N4O2. The van der Waals surface area contributed by atoms with Gasteiger partial charge in [-0.25, -0.2) is 0 Å². The lowest BCUT2D eigenvalue weighted by atomic mass is 10.0. The number of aryl methyl sites for hydroxylation is 2. The van der Waals surface area contributed by atoms with Gasteiger partial charge in [0.1, 0.15) is 6.54 Å². The second kappa shape index (κ2) is 5.57. The maximum atomic E-state index is 13.2. The predicted octanol–water partition coefficient (Wildman–Crippen LogP) is 2.41. The number of carbonyl (C=O) groups is 2. The number of amides is 2. The second-order valence-electron chi connectivity index (χ2n) is 8.80. The number of carbonyl (C=O) groups excluding carboxylic acids is 2. The third-order valence-electron chi connectivity index (χ3n) is 6.98. The summed E-state index contributed by atoms with van der Waals surface area (Å²) in [6.45, 7) is 4.61. The summed E-state index contributed by atoms with van der Waals surface area (Å²) in [7, 11) is 0. The number of hydrogen-bond acceptors (Lipinski definition) is 3. The Balaban J connectivity index is 1.52. The van der Waals surface area contributed by atoms with Gasteiger partial charge in [0.15, 0.2) is 5.69 Å². The minimum Gasteiger partial charge on any atom is -0.364 e. The standard InChI is InChI=1S/C21H26N4O2/c1-3-14-9-21(2)10-17(21)25(14)18(26)11-24-16-8-13-6-4-5-12(13)7-15(16)19(23-24)20(22)27/h7-8,14,17H,3-6,9-11H2,1-2H3,(H2,22,27)/t14-,17?,21+/m1/s1. The topological polar surface area (TPSA) is 81.2 Å². The van der Waals surface area contributed by atoms with Crippen molar-refractivity contribution in [3.05, 3.63) is 29.0 Å². The Morgan fingerprint density at radius 3 is 2.70 bits per heavy atom. The second-order valence-corrected chi connectivity index (χ2v) is 8.80. The number of nitrogens with two attached hydrogens (primary N) is 1. The van der Waals surface area contributed by atoms with E-state index in [2.05, 4.69) is 29.9 Å². The van der Waals surface area contributed by atoms with Crippen LogP contribution in [0.2, 0.25) is 0 Å². The zero-order valence-electron chi connectivity index (χ0n) is 16.0. The van der Waals surface area contributed by atoms with Crippen LogP contribution in [0.1, 0.15) is 61.1 Å². The average molecular weight is 366 g/mol. The van der Waals surface area contributed by atoms with Gasteiger partial charge in [-0.3, -0.25) is 14.3 Å². The molecule has 2 aromatic rings. The van der Waals surface area contributed by atoms with Gasteiger partial charge in [0.2, 0.25) is 5.91 Å². The molecule has 5 rings (SSSR count). The van der Waals surface area contributed by atoms with E-state index in [1.165, 1.54) is 11.1 Å². The number of rotatable bonds is 4. The van der Waals surface area contributed by atoms with Crippen molar-refractivity contribution in [3.8, 4) is 0 Å². The molecule has 2 amide bonds. The van der Waals surface area contributed by atoms with Crippen molar-refractivity contribution < 1.29 is 9.59 Å². The van der Waals surface area contributed by atoms with Crippen molar-refractivity contribution in [2.24, 2.45) is 11.1 Å². The molecule has 3 aliphatic rings. The molecular weight excluding hydrogens is 340 g/mol. The third-order valence-corrected chi connectivity index (χ3v) is 6.98. The largest absolute Gasteiger partial charge is 0.364 e. The Hall–Kier alpha value is -2.37. The van der Waals surface area contributed by atoms with Crippen molar-refractivity contribution in [2.75, 3.05) is 0 Å². The van der Waals surface area contributed by atoms with Crippen molar-refractivity contribution in [1.82, 2.24) is 14.7 Å². The van der Waals surface area contributed by atoms with Crippen LogP contribution in [0.15, 0.2) is 12.1 Å². The normalized spacial score (nSPS) is 28.4. The number of hydrogen-bond donors (Lipinski definition) is 1. The van der Waals surface area contributed by atoms with Crippen molar-refractivity contribution in [1.29, 1.82) is 0 Å². The summed E-state index contributed by atoms with van der Waals surface area (Å²) in [5.41, 5.74) is 9.58. The van der Waals surface area contributed by atoms with Gasteiger partial charge >= 0.3 is 0 Å². The highest BCUT2D eigenvalue weighted by Crippen LogP contribution is 2.59. The first-order chi connectivity index (χ1) is 12.9. The zero-order valence-corrected chi connectivity index (χ0v) is 16.0. The lowest BCUT2D eigenvalue weighted by molar-refractivity contribution is -0.134. The molecule has 2 fully saturated rings. The van der Waals surface area contributed by atoms with Crippen LogP contribution in [0.3, 0.4) is 0 Å². The number of primary amides is 1. The number of fused-ring (bicyclic) bond motifs is 3. The van der Waals surface area contributed by atoms with Crippen LogP contribution in [0.25, 0.3) is 10.9 Å². The minimum atomic E-state index is -0.536. The first-order valence-electron chi connectivity index (χ1n) is 10.0. The molecule has 1 aliphatic heterocycles. The van der Waals surface area contributed by atoms with E-state index in [-0.39, 0.29) is 18.1 Å². The highest BCUT2D eigenvalue weighted by Gasteiger charge is 2.62. The summed E-state index contributed by atoms with van der Waals surface area (Å²) < 4.78 is 1.70. The summed E-state index contributed by atoms with van der Waals surface area (Å²) in [4.78, 5) is 27.2. The van der Waals surface area contributed by atoms with E-state index in [9.17, 15) is 9.59 Å². The SMILES string of the molecule is CC[C@@H]1C[C@@]2(C)CC2N1C(=O)Cn1nc(C(N)=O)c2cc3c(cc21)CCC3. The Labute approximate surface area is 158 Å². The molecule has 1 aromatic carbocycles. The Kier molecular flexibility index (Phi) is 3.46. The van der Waals surface area contributed by atoms with E-state index in [0.29, 0.717) is 17.5 Å². The first-order valence-corrected chi connectivity index (χ1v) is 10.0. The van der Waals surface area contributed by atoms with Gasteiger partial charge in [0.25, 0.3) is 5.91 Å². The lowest BCUT2D eigenvalue weighted by Gasteiger charge is -2.26. The molecule has 0 radical (unpaired) electrons. The number of benzene rings is 1. The quantitative estimate of drug-likeness (QED) is 0.902. The fourth-order valence-corrected chi connectivity index (χ4v) is 5.40. The monoisotopic (exact) mass is 366 g/mol. The lowest BCUT2D eigenvalue weighted by Crippen LogP contribution is -2.40. The summed E-state index contributed by atoms with van der Waals surface area (Å²) in [6, 6.07) is 4.85. The molecule has 1 saturated carbocycles. The summed E-state index contributed by atoms with van der Waals surface area (Å²) in [5.74, 6) is -0.430. The number of likely N-dealkylation sites (tertiary alicyclic amines) is 1. The smallest absolute Gasteiger partial charge is 0.269 e. The summed E-state index contributed by atoms with van der Waals surface area (Å²) in [5, 5.41) is 5.22. The molecule has 6 nitrogen and oxygen atoms in total. The molecule has 3 atom stereocenters. The summed E-state index contributed by atoms with van der Waals surface area (Å²) >= 11 is 0. The maximum absolute atomic E-state index is 13.2. The van der Waals surface area contributed by atoms with Crippen LogP contribution in [0.5, 0.6) is 0 Å². The molecule has 1 aromatic heterocycles. The van der Waals surface area contributed by atoms with Crippen LogP contribution in [0, 0.1) is 5.41 Å². The van der Waals surface area contributed by atoms with E-state index >= 15 is 0 Å². The number of aromatic nitrogens is 2. The average Bonchev–Trinajstić information content (AvgIpc) is 2.98.